The van der Waals surface area contributed by atoms with E-state index in [2.05, 4.69) is 4.98 Å². The topological polar surface area (TPSA) is 73.6 Å². The fourth-order valence-electron chi connectivity index (χ4n) is 2.67. The first-order valence-electron chi connectivity index (χ1n) is 8.48. The van der Waals surface area contributed by atoms with Gasteiger partial charge in [0, 0.05) is 4.88 Å². The van der Waals surface area contributed by atoms with Crippen molar-refractivity contribution in [3.8, 4) is 11.5 Å². The highest BCUT2D eigenvalue weighted by molar-refractivity contribution is 7.18. The number of fused-ring (bicyclic) bond motifs is 1. The third kappa shape index (κ3) is 3.89. The lowest BCUT2D eigenvalue weighted by molar-refractivity contribution is 0.0914. The molecule has 0 saturated carbocycles. The van der Waals surface area contributed by atoms with Gasteiger partial charge in [0.1, 0.15) is 29.0 Å². The number of nitrogens with zero attached hydrogens (tertiary/aromatic N) is 2. The summed E-state index contributed by atoms with van der Waals surface area (Å²) < 4.78 is 12.4. The van der Waals surface area contributed by atoms with Crippen molar-refractivity contribution in [2.45, 2.75) is 33.4 Å². The summed E-state index contributed by atoms with van der Waals surface area (Å²) >= 11 is 1.51. The molecule has 0 aliphatic heterocycles. The predicted octanol–water partition coefficient (Wildman–Crippen LogP) is 2.91. The van der Waals surface area contributed by atoms with Crippen LogP contribution in [0.1, 0.15) is 17.4 Å². The number of benzene rings is 1. The standard InChI is InChI=1S/C19H22N2O4S/c1-4-24-15-5-7-16(8-6-15)25-10-14(22)9-21-11-20-18-17(19(21)23)12(2)13(3)26-18/h5-8,11,14,22H,4,9-10H2,1-3H3. The lowest BCUT2D eigenvalue weighted by atomic mass is 10.2. The van der Waals surface area contributed by atoms with Crippen LogP contribution in [0.3, 0.4) is 0 Å². The molecule has 6 nitrogen and oxygen atoms in total. The number of hydrogen-bond acceptors (Lipinski definition) is 6. The molecule has 1 aromatic carbocycles. The molecule has 3 rings (SSSR count). The Morgan fingerprint density at radius 3 is 2.50 bits per heavy atom. The Balaban J connectivity index is 1.65. The molecule has 2 heterocycles. The second kappa shape index (κ2) is 7.88. The Morgan fingerprint density at radius 1 is 1.19 bits per heavy atom. The van der Waals surface area contributed by atoms with Crippen molar-refractivity contribution in [2.24, 2.45) is 0 Å². The lowest BCUT2D eigenvalue weighted by Gasteiger charge is -2.14. The molecular formula is C19H22N2O4S. The Bertz CT molecular complexity index is 947. The Kier molecular flexibility index (Phi) is 5.58. The molecule has 0 radical (unpaired) electrons. The van der Waals surface area contributed by atoms with Crippen LogP contribution in [0.2, 0.25) is 0 Å². The highest BCUT2D eigenvalue weighted by Gasteiger charge is 2.14. The lowest BCUT2D eigenvalue weighted by Crippen LogP contribution is -2.30. The summed E-state index contributed by atoms with van der Waals surface area (Å²) in [7, 11) is 0. The van der Waals surface area contributed by atoms with Crippen molar-refractivity contribution < 1.29 is 14.6 Å². The van der Waals surface area contributed by atoms with Gasteiger partial charge in [0.05, 0.1) is 24.9 Å². The Morgan fingerprint density at radius 2 is 1.85 bits per heavy atom. The minimum Gasteiger partial charge on any atom is -0.494 e. The fraction of sp³-hybridized carbons (Fsp3) is 0.368. The summed E-state index contributed by atoms with van der Waals surface area (Å²) in [5.41, 5.74) is 0.828. The van der Waals surface area contributed by atoms with Gasteiger partial charge in [-0.3, -0.25) is 9.36 Å². The minimum atomic E-state index is -0.821. The molecule has 1 atom stereocenters. The van der Waals surface area contributed by atoms with E-state index >= 15 is 0 Å². The molecule has 0 fully saturated rings. The van der Waals surface area contributed by atoms with Crippen molar-refractivity contribution in [1.82, 2.24) is 9.55 Å². The highest BCUT2D eigenvalue weighted by atomic mass is 32.1. The third-order valence-corrected chi connectivity index (χ3v) is 5.26. The molecule has 1 N–H and O–H groups in total. The third-order valence-electron chi connectivity index (χ3n) is 4.14. The van der Waals surface area contributed by atoms with Crippen LogP contribution in [0.5, 0.6) is 11.5 Å². The molecule has 0 bridgehead atoms. The van der Waals surface area contributed by atoms with E-state index in [0.717, 1.165) is 21.0 Å². The van der Waals surface area contributed by atoms with Crippen LogP contribution < -0.4 is 15.0 Å². The summed E-state index contributed by atoms with van der Waals surface area (Å²) in [6, 6.07) is 7.20. The molecular weight excluding hydrogens is 352 g/mol. The van der Waals surface area contributed by atoms with E-state index in [-0.39, 0.29) is 18.7 Å². The number of aliphatic hydroxyl groups is 1. The van der Waals surface area contributed by atoms with Crippen LogP contribution in [0.15, 0.2) is 35.4 Å². The monoisotopic (exact) mass is 374 g/mol. The molecule has 0 amide bonds. The minimum absolute atomic E-state index is 0.0834. The van der Waals surface area contributed by atoms with Gasteiger partial charge in [-0.25, -0.2) is 4.98 Å². The fourth-order valence-corrected chi connectivity index (χ4v) is 3.66. The van der Waals surface area contributed by atoms with Gasteiger partial charge in [0.15, 0.2) is 0 Å². The molecule has 2 aromatic heterocycles. The molecule has 1 unspecified atom stereocenters. The number of hydrogen-bond donors (Lipinski definition) is 1. The predicted molar refractivity (Wildman–Crippen MR) is 102 cm³/mol. The van der Waals surface area contributed by atoms with Crippen LogP contribution in [-0.2, 0) is 6.54 Å². The van der Waals surface area contributed by atoms with E-state index in [4.69, 9.17) is 9.47 Å². The van der Waals surface area contributed by atoms with Gasteiger partial charge in [0.2, 0.25) is 0 Å². The second-order valence-electron chi connectivity index (χ2n) is 6.03. The van der Waals surface area contributed by atoms with Crippen LogP contribution in [-0.4, -0.2) is 34.0 Å². The van der Waals surface area contributed by atoms with Gasteiger partial charge in [-0.15, -0.1) is 11.3 Å². The van der Waals surface area contributed by atoms with Gasteiger partial charge in [-0.05, 0) is 50.6 Å². The number of aromatic nitrogens is 2. The summed E-state index contributed by atoms with van der Waals surface area (Å²) in [5, 5.41) is 10.9. The number of rotatable bonds is 7. The zero-order valence-electron chi connectivity index (χ0n) is 15.1. The van der Waals surface area contributed by atoms with Crippen LogP contribution in [0, 0.1) is 13.8 Å². The number of aliphatic hydroxyl groups excluding tert-OH is 1. The van der Waals surface area contributed by atoms with Crippen molar-refractivity contribution in [2.75, 3.05) is 13.2 Å². The van der Waals surface area contributed by atoms with E-state index < -0.39 is 6.10 Å². The van der Waals surface area contributed by atoms with Gasteiger partial charge in [0.25, 0.3) is 5.56 Å². The van der Waals surface area contributed by atoms with E-state index in [1.165, 1.54) is 22.2 Å². The van der Waals surface area contributed by atoms with Gasteiger partial charge in [-0.2, -0.15) is 0 Å². The summed E-state index contributed by atoms with van der Waals surface area (Å²) in [6.45, 7) is 6.65. The van der Waals surface area contributed by atoms with Crippen molar-refractivity contribution >= 4 is 21.6 Å². The number of ether oxygens (including phenoxy) is 2. The van der Waals surface area contributed by atoms with E-state index in [9.17, 15) is 9.90 Å². The molecule has 26 heavy (non-hydrogen) atoms. The highest BCUT2D eigenvalue weighted by Crippen LogP contribution is 2.25. The molecule has 138 valence electrons. The summed E-state index contributed by atoms with van der Waals surface area (Å²) in [5.74, 6) is 1.41. The zero-order valence-corrected chi connectivity index (χ0v) is 15.9. The van der Waals surface area contributed by atoms with E-state index in [1.54, 1.807) is 12.1 Å². The van der Waals surface area contributed by atoms with Gasteiger partial charge < -0.3 is 14.6 Å². The molecule has 7 heteroatoms. The summed E-state index contributed by atoms with van der Waals surface area (Å²) in [6.07, 6.45) is 0.665. The quantitative estimate of drug-likeness (QED) is 0.688. The molecule has 0 spiro atoms. The normalized spacial score (nSPS) is 12.3. The smallest absolute Gasteiger partial charge is 0.262 e. The zero-order chi connectivity index (χ0) is 18.7. The molecule has 0 aliphatic rings. The van der Waals surface area contributed by atoms with E-state index in [0.29, 0.717) is 17.7 Å². The van der Waals surface area contributed by atoms with Crippen LogP contribution in [0.4, 0.5) is 0 Å². The van der Waals surface area contributed by atoms with Crippen molar-refractivity contribution in [3.63, 3.8) is 0 Å². The SMILES string of the molecule is CCOc1ccc(OCC(O)Cn2cnc3sc(C)c(C)c3c2=O)cc1. The van der Waals surface area contributed by atoms with Crippen LogP contribution in [0.25, 0.3) is 10.2 Å². The van der Waals surface area contributed by atoms with Crippen molar-refractivity contribution in [1.29, 1.82) is 0 Å². The first kappa shape index (κ1) is 18.4. The van der Waals surface area contributed by atoms with Crippen molar-refractivity contribution in [3.05, 3.63) is 51.4 Å². The van der Waals surface area contributed by atoms with Gasteiger partial charge in [-0.1, -0.05) is 0 Å². The maximum absolute atomic E-state index is 12.6. The first-order valence-corrected chi connectivity index (χ1v) is 9.30. The Labute approximate surface area is 155 Å². The second-order valence-corrected chi connectivity index (χ2v) is 7.24. The maximum atomic E-state index is 12.6. The number of thiophene rings is 1. The largest absolute Gasteiger partial charge is 0.494 e. The van der Waals surface area contributed by atoms with E-state index in [1.807, 2.05) is 32.9 Å². The average molecular weight is 374 g/mol. The summed E-state index contributed by atoms with van der Waals surface area (Å²) in [4.78, 5) is 18.8. The molecule has 0 aliphatic carbocycles. The first-order chi connectivity index (χ1) is 12.5. The average Bonchev–Trinajstić information content (AvgIpc) is 2.92. The number of aryl methyl sites for hydroxylation is 2. The van der Waals surface area contributed by atoms with Crippen LogP contribution >= 0.6 is 11.3 Å². The molecule has 3 aromatic rings. The van der Waals surface area contributed by atoms with Gasteiger partial charge >= 0.3 is 0 Å². The Hall–Kier alpha value is -2.38. The molecule has 0 saturated heterocycles. The maximum Gasteiger partial charge on any atom is 0.262 e.